The van der Waals surface area contributed by atoms with E-state index in [1.807, 2.05) is 42.5 Å². The van der Waals surface area contributed by atoms with E-state index in [9.17, 15) is 0 Å². The number of para-hydroxylation sites is 1. The number of anilines is 2. The van der Waals surface area contributed by atoms with Crippen LogP contribution < -0.4 is 10.9 Å². The van der Waals surface area contributed by atoms with E-state index in [-0.39, 0.29) is 0 Å². The van der Waals surface area contributed by atoms with Gasteiger partial charge in [-0.15, -0.1) is 0 Å². The molecule has 0 amide bonds. The van der Waals surface area contributed by atoms with Gasteiger partial charge in [-0.1, -0.05) is 18.2 Å². The number of halogens is 1. The molecule has 0 heterocycles. The second kappa shape index (κ2) is 5.02. The smallest absolute Gasteiger partial charge is 0.0540 e. The standard InChI is InChI=1S/C12H11IN2/c13-10-6-8-12(9-7-10)15-14-11-4-2-1-3-5-11/h1-9,14-15H. The summed E-state index contributed by atoms with van der Waals surface area (Å²) in [6, 6.07) is 18.2. The Morgan fingerprint density at radius 1 is 0.667 bits per heavy atom. The van der Waals surface area contributed by atoms with Crippen LogP contribution in [0.2, 0.25) is 0 Å². The number of rotatable bonds is 3. The first-order valence-electron chi connectivity index (χ1n) is 4.67. The predicted molar refractivity (Wildman–Crippen MR) is 72.8 cm³/mol. The SMILES string of the molecule is Ic1ccc(NNc2ccccc2)cc1. The molecule has 0 radical (unpaired) electrons. The Bertz CT molecular complexity index is 411. The molecule has 3 heteroatoms. The minimum Gasteiger partial charge on any atom is -0.301 e. The van der Waals surface area contributed by atoms with E-state index in [2.05, 4.69) is 45.6 Å². The molecule has 2 nitrogen and oxygen atoms in total. The van der Waals surface area contributed by atoms with E-state index in [1.165, 1.54) is 3.57 Å². The van der Waals surface area contributed by atoms with Gasteiger partial charge in [-0.25, -0.2) is 0 Å². The van der Waals surface area contributed by atoms with Crippen LogP contribution in [0.25, 0.3) is 0 Å². The van der Waals surface area contributed by atoms with Crippen molar-refractivity contribution in [3.63, 3.8) is 0 Å². The molecule has 0 unspecified atom stereocenters. The third kappa shape index (κ3) is 3.13. The monoisotopic (exact) mass is 310 g/mol. The van der Waals surface area contributed by atoms with Crippen molar-refractivity contribution in [2.75, 3.05) is 10.9 Å². The molecule has 2 N–H and O–H groups in total. The second-order valence-electron chi connectivity index (χ2n) is 3.12. The van der Waals surface area contributed by atoms with Gasteiger partial charge in [-0.05, 0) is 59.0 Å². The van der Waals surface area contributed by atoms with Crippen molar-refractivity contribution >= 4 is 34.0 Å². The molecule has 0 aliphatic heterocycles. The fourth-order valence-electron chi connectivity index (χ4n) is 1.20. The Morgan fingerprint density at radius 3 is 1.80 bits per heavy atom. The summed E-state index contributed by atoms with van der Waals surface area (Å²) in [5.41, 5.74) is 8.37. The van der Waals surface area contributed by atoms with Gasteiger partial charge in [0.2, 0.25) is 0 Å². The van der Waals surface area contributed by atoms with Crippen LogP contribution >= 0.6 is 22.6 Å². The summed E-state index contributed by atoms with van der Waals surface area (Å²) >= 11 is 2.29. The average molecular weight is 310 g/mol. The normalized spacial score (nSPS) is 9.67. The highest BCUT2D eigenvalue weighted by atomic mass is 127. The highest BCUT2D eigenvalue weighted by Crippen LogP contribution is 2.12. The van der Waals surface area contributed by atoms with Gasteiger partial charge in [0.15, 0.2) is 0 Å². The van der Waals surface area contributed by atoms with Crippen LogP contribution in [0.4, 0.5) is 11.4 Å². The molecule has 2 rings (SSSR count). The number of benzene rings is 2. The van der Waals surface area contributed by atoms with Crippen molar-refractivity contribution in [3.05, 3.63) is 58.2 Å². The summed E-state index contributed by atoms with van der Waals surface area (Å²) in [4.78, 5) is 0. The fourth-order valence-corrected chi connectivity index (χ4v) is 1.56. The lowest BCUT2D eigenvalue weighted by atomic mass is 10.3. The second-order valence-corrected chi connectivity index (χ2v) is 4.37. The lowest BCUT2D eigenvalue weighted by Crippen LogP contribution is -2.07. The molecule has 0 fully saturated rings. The van der Waals surface area contributed by atoms with Crippen LogP contribution in [0.1, 0.15) is 0 Å². The molecule has 2 aromatic rings. The molecule has 0 atom stereocenters. The molecular weight excluding hydrogens is 299 g/mol. The maximum atomic E-state index is 3.13. The zero-order chi connectivity index (χ0) is 10.5. The topological polar surface area (TPSA) is 24.1 Å². The molecule has 0 aliphatic rings. The van der Waals surface area contributed by atoms with Crippen molar-refractivity contribution in [1.82, 2.24) is 0 Å². The maximum Gasteiger partial charge on any atom is 0.0540 e. The summed E-state index contributed by atoms with van der Waals surface area (Å²) in [6.07, 6.45) is 0. The van der Waals surface area contributed by atoms with Crippen molar-refractivity contribution in [2.24, 2.45) is 0 Å². The van der Waals surface area contributed by atoms with Gasteiger partial charge < -0.3 is 10.9 Å². The van der Waals surface area contributed by atoms with E-state index in [4.69, 9.17) is 0 Å². The zero-order valence-corrected chi connectivity index (χ0v) is 10.2. The van der Waals surface area contributed by atoms with Gasteiger partial charge >= 0.3 is 0 Å². The van der Waals surface area contributed by atoms with Crippen molar-refractivity contribution in [2.45, 2.75) is 0 Å². The molecule has 0 aromatic heterocycles. The van der Waals surface area contributed by atoms with Crippen LogP contribution in [0.15, 0.2) is 54.6 Å². The maximum absolute atomic E-state index is 3.13. The minimum atomic E-state index is 1.05. The Labute approximate surface area is 103 Å². The quantitative estimate of drug-likeness (QED) is 0.667. The highest BCUT2D eigenvalue weighted by molar-refractivity contribution is 14.1. The van der Waals surface area contributed by atoms with Crippen LogP contribution in [-0.4, -0.2) is 0 Å². The molecule has 0 bridgehead atoms. The number of hydrogen-bond donors (Lipinski definition) is 2. The predicted octanol–water partition coefficient (Wildman–Crippen LogP) is 3.73. The lowest BCUT2D eigenvalue weighted by Gasteiger charge is -2.09. The fraction of sp³-hybridized carbons (Fsp3) is 0. The first-order chi connectivity index (χ1) is 7.34. The van der Waals surface area contributed by atoms with E-state index in [0.717, 1.165) is 11.4 Å². The summed E-state index contributed by atoms with van der Waals surface area (Å²) in [5.74, 6) is 0. The van der Waals surface area contributed by atoms with Crippen LogP contribution in [0.5, 0.6) is 0 Å². The Morgan fingerprint density at radius 2 is 1.20 bits per heavy atom. The number of nitrogens with one attached hydrogen (secondary N) is 2. The molecule has 0 aliphatic carbocycles. The van der Waals surface area contributed by atoms with Gasteiger partial charge in [0.1, 0.15) is 0 Å². The van der Waals surface area contributed by atoms with E-state index in [1.54, 1.807) is 0 Å². The van der Waals surface area contributed by atoms with Gasteiger partial charge in [0.05, 0.1) is 11.4 Å². The van der Waals surface area contributed by atoms with Crippen molar-refractivity contribution < 1.29 is 0 Å². The summed E-state index contributed by atoms with van der Waals surface area (Å²) < 4.78 is 1.23. The number of hydrazine groups is 1. The van der Waals surface area contributed by atoms with Crippen LogP contribution in [0.3, 0.4) is 0 Å². The van der Waals surface area contributed by atoms with Crippen LogP contribution in [0, 0.1) is 3.57 Å². The Balaban J connectivity index is 1.96. The molecular formula is C12H11IN2. The Hall–Kier alpha value is -1.23. The number of hydrogen-bond acceptors (Lipinski definition) is 2. The van der Waals surface area contributed by atoms with Crippen molar-refractivity contribution in [3.8, 4) is 0 Å². The largest absolute Gasteiger partial charge is 0.301 e. The van der Waals surface area contributed by atoms with E-state index < -0.39 is 0 Å². The van der Waals surface area contributed by atoms with Gasteiger partial charge in [-0.3, -0.25) is 0 Å². The third-order valence-electron chi connectivity index (χ3n) is 1.97. The zero-order valence-electron chi connectivity index (χ0n) is 8.07. The summed E-state index contributed by atoms with van der Waals surface area (Å²) in [6.45, 7) is 0. The van der Waals surface area contributed by atoms with Gasteiger partial charge in [0.25, 0.3) is 0 Å². The molecule has 2 aromatic carbocycles. The van der Waals surface area contributed by atoms with Crippen LogP contribution in [-0.2, 0) is 0 Å². The lowest BCUT2D eigenvalue weighted by molar-refractivity contribution is 1.41. The molecule has 15 heavy (non-hydrogen) atoms. The average Bonchev–Trinajstić information content (AvgIpc) is 2.30. The molecule has 0 spiro atoms. The minimum absolute atomic E-state index is 1.05. The first kappa shape index (κ1) is 10.3. The van der Waals surface area contributed by atoms with Gasteiger partial charge in [0, 0.05) is 3.57 Å². The third-order valence-corrected chi connectivity index (χ3v) is 2.69. The molecule has 0 saturated heterocycles. The van der Waals surface area contributed by atoms with Gasteiger partial charge in [-0.2, -0.15) is 0 Å². The first-order valence-corrected chi connectivity index (χ1v) is 5.75. The summed E-state index contributed by atoms with van der Waals surface area (Å²) in [7, 11) is 0. The van der Waals surface area contributed by atoms with E-state index in [0.29, 0.717) is 0 Å². The highest BCUT2D eigenvalue weighted by Gasteiger charge is 1.91. The molecule has 76 valence electrons. The molecule has 0 saturated carbocycles. The van der Waals surface area contributed by atoms with E-state index >= 15 is 0 Å². The summed E-state index contributed by atoms with van der Waals surface area (Å²) in [5, 5.41) is 0. The van der Waals surface area contributed by atoms with Crippen molar-refractivity contribution in [1.29, 1.82) is 0 Å². The Kier molecular flexibility index (Phi) is 3.45.